The Bertz CT molecular complexity index is 598. The molecular formula is C18H24F2N2O2. The fourth-order valence-electron chi connectivity index (χ4n) is 2.93. The number of rotatable bonds is 3. The highest BCUT2D eigenvalue weighted by Gasteiger charge is 2.31. The molecule has 2 amide bonds. The Morgan fingerprint density at radius 2 is 1.42 bits per heavy atom. The first-order chi connectivity index (χ1) is 11.2. The minimum Gasteiger partial charge on any atom is -0.351 e. The average Bonchev–Trinajstić information content (AvgIpc) is 2.49. The van der Waals surface area contributed by atoms with Crippen molar-refractivity contribution in [1.29, 1.82) is 0 Å². The van der Waals surface area contributed by atoms with Crippen LogP contribution in [0, 0.1) is 23.5 Å². The lowest BCUT2D eigenvalue weighted by Gasteiger charge is -2.30. The second-order valence-corrected chi connectivity index (χ2v) is 7.37. The monoisotopic (exact) mass is 338 g/mol. The maximum absolute atomic E-state index is 13.6. The second-order valence-electron chi connectivity index (χ2n) is 7.37. The molecule has 6 heteroatoms. The molecule has 1 aliphatic carbocycles. The van der Waals surface area contributed by atoms with E-state index in [0.717, 1.165) is 12.1 Å². The summed E-state index contributed by atoms with van der Waals surface area (Å²) in [4.78, 5) is 24.4. The van der Waals surface area contributed by atoms with Gasteiger partial charge in [-0.15, -0.1) is 0 Å². The molecule has 132 valence electrons. The van der Waals surface area contributed by atoms with Crippen LogP contribution in [-0.4, -0.2) is 17.4 Å². The van der Waals surface area contributed by atoms with E-state index in [2.05, 4.69) is 10.6 Å². The van der Waals surface area contributed by atoms with E-state index in [0.29, 0.717) is 25.7 Å². The van der Waals surface area contributed by atoms with Gasteiger partial charge in [0.2, 0.25) is 11.8 Å². The molecule has 1 aromatic rings. The zero-order chi connectivity index (χ0) is 17.9. The molecule has 0 unspecified atom stereocenters. The quantitative estimate of drug-likeness (QED) is 0.884. The zero-order valence-electron chi connectivity index (χ0n) is 14.3. The molecule has 0 radical (unpaired) electrons. The summed E-state index contributed by atoms with van der Waals surface area (Å²) in [7, 11) is 0. The van der Waals surface area contributed by atoms with Crippen LogP contribution in [0.15, 0.2) is 18.2 Å². The number of nitrogens with one attached hydrogen (secondary N) is 2. The summed E-state index contributed by atoms with van der Waals surface area (Å²) < 4.78 is 27.2. The lowest BCUT2D eigenvalue weighted by molar-refractivity contribution is -0.129. The summed E-state index contributed by atoms with van der Waals surface area (Å²) >= 11 is 0. The molecule has 0 aliphatic heterocycles. The van der Waals surface area contributed by atoms with Crippen LogP contribution >= 0.6 is 0 Å². The van der Waals surface area contributed by atoms with E-state index >= 15 is 0 Å². The van der Waals surface area contributed by atoms with Gasteiger partial charge in [-0.2, -0.15) is 0 Å². The molecule has 1 fully saturated rings. The molecule has 0 bridgehead atoms. The highest BCUT2D eigenvalue weighted by Crippen LogP contribution is 2.31. The van der Waals surface area contributed by atoms with Crippen molar-refractivity contribution in [2.45, 2.75) is 52.0 Å². The smallest absolute Gasteiger partial charge is 0.227 e. The summed E-state index contributed by atoms with van der Waals surface area (Å²) in [6, 6.07) is 3.46. The first-order valence-corrected chi connectivity index (χ1v) is 8.24. The number of anilines is 1. The van der Waals surface area contributed by atoms with Gasteiger partial charge < -0.3 is 10.6 Å². The second kappa shape index (κ2) is 7.28. The Labute approximate surface area is 141 Å². The molecule has 1 saturated carbocycles. The number of benzene rings is 1. The van der Waals surface area contributed by atoms with Gasteiger partial charge in [0, 0.05) is 17.4 Å². The molecule has 24 heavy (non-hydrogen) atoms. The number of halogens is 2. The predicted molar refractivity (Wildman–Crippen MR) is 88.3 cm³/mol. The largest absolute Gasteiger partial charge is 0.351 e. The Hall–Kier alpha value is -1.98. The Kier molecular flexibility index (Phi) is 5.57. The molecule has 0 aromatic heterocycles. The van der Waals surface area contributed by atoms with Crippen LogP contribution in [0.5, 0.6) is 0 Å². The molecule has 4 nitrogen and oxygen atoms in total. The lowest BCUT2D eigenvalue weighted by atomic mass is 9.81. The van der Waals surface area contributed by atoms with Crippen LogP contribution in [0.4, 0.5) is 14.5 Å². The molecule has 1 aliphatic rings. The number of carbonyl (C=O) groups excluding carboxylic acids is 2. The Morgan fingerprint density at radius 1 is 0.958 bits per heavy atom. The number of para-hydroxylation sites is 1. The topological polar surface area (TPSA) is 58.2 Å². The third-order valence-electron chi connectivity index (χ3n) is 4.18. The average molecular weight is 338 g/mol. The highest BCUT2D eigenvalue weighted by molar-refractivity contribution is 5.93. The summed E-state index contributed by atoms with van der Waals surface area (Å²) in [6.07, 6.45) is 2.26. The van der Waals surface area contributed by atoms with Crippen LogP contribution in [0.3, 0.4) is 0 Å². The number of hydrogen-bond acceptors (Lipinski definition) is 2. The maximum Gasteiger partial charge on any atom is 0.227 e. The van der Waals surface area contributed by atoms with Crippen LogP contribution in [0.2, 0.25) is 0 Å². The third-order valence-corrected chi connectivity index (χ3v) is 4.18. The Balaban J connectivity index is 1.90. The predicted octanol–water partition coefficient (Wildman–Crippen LogP) is 3.62. The molecule has 1 aromatic carbocycles. The van der Waals surface area contributed by atoms with Gasteiger partial charge >= 0.3 is 0 Å². The molecule has 2 rings (SSSR count). The van der Waals surface area contributed by atoms with Gasteiger partial charge in [0.05, 0.1) is 0 Å². The van der Waals surface area contributed by atoms with Gasteiger partial charge in [0.25, 0.3) is 0 Å². The standard InChI is InChI=1S/C18H24F2N2O2/c1-18(2,3)22-17(24)12-9-7-11(8-10-12)16(23)21-15-13(19)5-4-6-14(15)20/h4-6,11-12H,7-10H2,1-3H3,(H,21,23)(H,22,24). The van der Waals surface area contributed by atoms with E-state index in [4.69, 9.17) is 0 Å². The zero-order valence-corrected chi connectivity index (χ0v) is 14.3. The van der Waals surface area contributed by atoms with E-state index < -0.39 is 23.2 Å². The van der Waals surface area contributed by atoms with Crippen LogP contribution in [0.1, 0.15) is 46.5 Å². The first kappa shape index (κ1) is 18.4. The lowest BCUT2D eigenvalue weighted by Crippen LogP contribution is -2.45. The summed E-state index contributed by atoms with van der Waals surface area (Å²) in [5, 5.41) is 5.29. The number of amides is 2. The van der Waals surface area contributed by atoms with E-state index in [-0.39, 0.29) is 23.3 Å². The normalized spacial score (nSPS) is 21.2. The molecule has 0 saturated heterocycles. The fourth-order valence-corrected chi connectivity index (χ4v) is 2.93. The van der Waals surface area contributed by atoms with Crippen molar-refractivity contribution in [2.24, 2.45) is 11.8 Å². The van der Waals surface area contributed by atoms with E-state index in [1.54, 1.807) is 0 Å². The minimum absolute atomic E-state index is 0.00139. The number of hydrogen-bond donors (Lipinski definition) is 2. The van der Waals surface area contributed by atoms with Gasteiger partial charge in [-0.05, 0) is 58.6 Å². The van der Waals surface area contributed by atoms with Crippen molar-refractivity contribution < 1.29 is 18.4 Å². The van der Waals surface area contributed by atoms with Gasteiger partial charge in [0.15, 0.2) is 0 Å². The van der Waals surface area contributed by atoms with Crippen molar-refractivity contribution in [1.82, 2.24) is 5.32 Å². The van der Waals surface area contributed by atoms with Crippen molar-refractivity contribution in [2.75, 3.05) is 5.32 Å². The first-order valence-electron chi connectivity index (χ1n) is 8.24. The van der Waals surface area contributed by atoms with Gasteiger partial charge in [-0.3, -0.25) is 9.59 Å². The van der Waals surface area contributed by atoms with E-state index in [1.165, 1.54) is 6.07 Å². The maximum atomic E-state index is 13.6. The molecule has 0 spiro atoms. The van der Waals surface area contributed by atoms with Crippen molar-refractivity contribution >= 4 is 17.5 Å². The third kappa shape index (κ3) is 4.76. The van der Waals surface area contributed by atoms with E-state index in [1.807, 2.05) is 20.8 Å². The van der Waals surface area contributed by atoms with E-state index in [9.17, 15) is 18.4 Å². The van der Waals surface area contributed by atoms with Gasteiger partial charge in [-0.25, -0.2) is 8.78 Å². The SMILES string of the molecule is CC(C)(C)NC(=O)C1CCC(C(=O)Nc2c(F)cccc2F)CC1. The van der Waals surface area contributed by atoms with Crippen LogP contribution in [-0.2, 0) is 9.59 Å². The summed E-state index contributed by atoms with van der Waals surface area (Å²) in [5.74, 6) is -2.42. The fraction of sp³-hybridized carbons (Fsp3) is 0.556. The highest BCUT2D eigenvalue weighted by atomic mass is 19.1. The molecule has 0 heterocycles. The number of carbonyl (C=O) groups is 2. The molecule has 0 atom stereocenters. The summed E-state index contributed by atoms with van der Waals surface area (Å²) in [5.41, 5.74) is -0.691. The summed E-state index contributed by atoms with van der Waals surface area (Å²) in [6.45, 7) is 5.77. The van der Waals surface area contributed by atoms with Crippen molar-refractivity contribution in [3.63, 3.8) is 0 Å². The molecular weight excluding hydrogens is 314 g/mol. The van der Waals surface area contributed by atoms with Crippen LogP contribution in [0.25, 0.3) is 0 Å². The van der Waals surface area contributed by atoms with Gasteiger partial charge in [0.1, 0.15) is 17.3 Å². The van der Waals surface area contributed by atoms with Gasteiger partial charge in [-0.1, -0.05) is 6.07 Å². The minimum atomic E-state index is -0.790. The Morgan fingerprint density at radius 3 is 1.88 bits per heavy atom. The van der Waals surface area contributed by atoms with Crippen LogP contribution < -0.4 is 10.6 Å². The van der Waals surface area contributed by atoms with Crippen molar-refractivity contribution in [3.05, 3.63) is 29.8 Å². The van der Waals surface area contributed by atoms with Crippen molar-refractivity contribution in [3.8, 4) is 0 Å². The molecule has 2 N–H and O–H groups in total.